The fraction of sp³-hybridized carbons (Fsp3) is 0.400. The van der Waals surface area contributed by atoms with Crippen LogP contribution in [-0.2, 0) is 0 Å². The van der Waals surface area contributed by atoms with Crippen LogP contribution in [0.3, 0.4) is 0 Å². The van der Waals surface area contributed by atoms with Gasteiger partial charge in [-0.3, -0.25) is 5.84 Å². The van der Waals surface area contributed by atoms with E-state index < -0.39 is 0 Å². The van der Waals surface area contributed by atoms with E-state index in [9.17, 15) is 0 Å². The van der Waals surface area contributed by atoms with E-state index in [0.29, 0.717) is 6.79 Å². The predicted octanol–water partition coefficient (Wildman–Crippen LogP) is 0.405. The molecular formula is C10H15N3O2. The lowest BCUT2D eigenvalue weighted by Crippen LogP contribution is -2.36. The van der Waals surface area contributed by atoms with Gasteiger partial charge in [0.2, 0.25) is 6.79 Å². The Morgan fingerprint density at radius 1 is 1.33 bits per heavy atom. The first-order valence-corrected chi connectivity index (χ1v) is 4.79. The molecule has 2 rings (SSSR count). The van der Waals surface area contributed by atoms with Gasteiger partial charge in [-0.1, -0.05) is 0 Å². The van der Waals surface area contributed by atoms with Crippen molar-refractivity contribution in [3.8, 4) is 11.5 Å². The van der Waals surface area contributed by atoms with Gasteiger partial charge >= 0.3 is 0 Å². The largest absolute Gasteiger partial charge is 0.454 e. The summed E-state index contributed by atoms with van der Waals surface area (Å²) in [5.74, 6) is 7.01. The highest BCUT2D eigenvalue weighted by molar-refractivity contribution is 5.49. The fourth-order valence-corrected chi connectivity index (χ4v) is 1.70. The summed E-state index contributed by atoms with van der Waals surface area (Å²) >= 11 is 0. The van der Waals surface area contributed by atoms with E-state index in [1.165, 1.54) is 0 Å². The summed E-state index contributed by atoms with van der Waals surface area (Å²) in [5.41, 5.74) is 4.86. The molecule has 1 aromatic rings. The van der Waals surface area contributed by atoms with Crippen LogP contribution in [0.15, 0.2) is 12.1 Å². The highest BCUT2D eigenvalue weighted by Crippen LogP contribution is 2.35. The Bertz CT molecular complexity index is 364. The van der Waals surface area contributed by atoms with Gasteiger partial charge in [-0.25, -0.2) is 5.43 Å². The van der Waals surface area contributed by atoms with Crippen molar-refractivity contribution in [2.45, 2.75) is 13.1 Å². The van der Waals surface area contributed by atoms with Gasteiger partial charge in [-0.2, -0.15) is 0 Å². The second kappa shape index (κ2) is 4.06. The lowest BCUT2D eigenvalue weighted by atomic mass is 10.1. The minimum Gasteiger partial charge on any atom is -0.454 e. The Kier molecular flexibility index (Phi) is 2.77. The third-order valence-corrected chi connectivity index (χ3v) is 2.53. The molecule has 1 aliphatic heterocycles. The number of hydrazine groups is 1. The minimum atomic E-state index is -0.0838. The van der Waals surface area contributed by atoms with Crippen molar-refractivity contribution in [3.63, 3.8) is 0 Å². The zero-order valence-electron chi connectivity index (χ0n) is 8.83. The zero-order chi connectivity index (χ0) is 10.8. The number of fused-ring (bicyclic) bond motifs is 1. The average Bonchev–Trinajstić information content (AvgIpc) is 2.67. The van der Waals surface area contributed by atoms with Gasteiger partial charge in [-0.05, 0) is 37.2 Å². The van der Waals surface area contributed by atoms with Crippen LogP contribution < -0.4 is 26.1 Å². The van der Waals surface area contributed by atoms with Crippen molar-refractivity contribution in [1.82, 2.24) is 10.7 Å². The van der Waals surface area contributed by atoms with Crippen molar-refractivity contribution in [2.75, 3.05) is 13.8 Å². The smallest absolute Gasteiger partial charge is 0.231 e. The Labute approximate surface area is 88.5 Å². The van der Waals surface area contributed by atoms with E-state index >= 15 is 0 Å². The van der Waals surface area contributed by atoms with Gasteiger partial charge in [0, 0.05) is 0 Å². The highest BCUT2D eigenvalue weighted by atomic mass is 16.7. The molecule has 0 aliphatic carbocycles. The van der Waals surface area contributed by atoms with Crippen LogP contribution in [0.1, 0.15) is 17.3 Å². The second-order valence-electron chi connectivity index (χ2n) is 3.45. The number of aryl methyl sites for hydroxylation is 1. The minimum absolute atomic E-state index is 0.0838. The number of benzene rings is 1. The maximum atomic E-state index is 5.44. The van der Waals surface area contributed by atoms with Crippen LogP contribution in [0.4, 0.5) is 0 Å². The van der Waals surface area contributed by atoms with E-state index in [2.05, 4.69) is 10.7 Å². The molecular weight excluding hydrogens is 194 g/mol. The van der Waals surface area contributed by atoms with E-state index in [1.54, 1.807) is 0 Å². The summed E-state index contributed by atoms with van der Waals surface area (Å²) < 4.78 is 10.6. The molecule has 1 heterocycles. The molecule has 0 spiro atoms. The highest BCUT2D eigenvalue weighted by Gasteiger charge is 2.18. The van der Waals surface area contributed by atoms with Crippen LogP contribution in [0.25, 0.3) is 0 Å². The lowest BCUT2D eigenvalue weighted by Gasteiger charge is -2.18. The number of nitrogens with two attached hydrogens (primary N) is 1. The van der Waals surface area contributed by atoms with Crippen molar-refractivity contribution in [2.24, 2.45) is 5.84 Å². The summed E-state index contributed by atoms with van der Waals surface area (Å²) in [5, 5.41) is 3.07. The van der Waals surface area contributed by atoms with Crippen LogP contribution in [0, 0.1) is 6.92 Å². The molecule has 0 aromatic heterocycles. The van der Waals surface area contributed by atoms with Crippen molar-refractivity contribution in [1.29, 1.82) is 0 Å². The molecule has 5 heteroatoms. The molecule has 1 unspecified atom stereocenters. The average molecular weight is 209 g/mol. The zero-order valence-corrected chi connectivity index (χ0v) is 8.83. The number of hydrogen-bond acceptors (Lipinski definition) is 5. The molecule has 0 saturated carbocycles. The lowest BCUT2D eigenvalue weighted by molar-refractivity contribution is 0.174. The molecule has 0 amide bonds. The van der Waals surface area contributed by atoms with E-state index in [4.69, 9.17) is 15.3 Å². The maximum Gasteiger partial charge on any atom is 0.231 e. The molecule has 1 aromatic carbocycles. The third-order valence-electron chi connectivity index (χ3n) is 2.53. The van der Waals surface area contributed by atoms with Crippen LogP contribution >= 0.6 is 0 Å². The van der Waals surface area contributed by atoms with E-state index in [1.807, 2.05) is 26.1 Å². The molecule has 0 fully saturated rings. The number of nitrogens with one attached hydrogen (secondary N) is 2. The summed E-state index contributed by atoms with van der Waals surface area (Å²) in [6.07, 6.45) is -0.0838. The fourth-order valence-electron chi connectivity index (χ4n) is 1.70. The SMILES string of the molecule is CNC(NN)c1cc2c(cc1C)OCO2. The van der Waals surface area contributed by atoms with Gasteiger partial charge in [0.1, 0.15) is 0 Å². The third kappa shape index (κ3) is 1.77. The van der Waals surface area contributed by atoms with Crippen molar-refractivity contribution < 1.29 is 9.47 Å². The standard InChI is InChI=1S/C10H15N3O2/c1-6-3-8-9(15-5-14-8)4-7(6)10(12-2)13-11/h3-4,10,12-13H,5,11H2,1-2H3. The topological polar surface area (TPSA) is 68.5 Å². The molecule has 0 saturated heterocycles. The summed E-state index contributed by atoms with van der Waals surface area (Å²) in [6.45, 7) is 2.30. The Morgan fingerprint density at radius 2 is 2.00 bits per heavy atom. The molecule has 4 N–H and O–H groups in total. The second-order valence-corrected chi connectivity index (χ2v) is 3.45. The first kappa shape index (κ1) is 10.2. The Balaban J connectivity index is 2.39. The van der Waals surface area contributed by atoms with Gasteiger partial charge < -0.3 is 14.8 Å². The van der Waals surface area contributed by atoms with Crippen LogP contribution in [0.2, 0.25) is 0 Å². The normalized spacial score (nSPS) is 15.4. The predicted molar refractivity (Wildman–Crippen MR) is 56.4 cm³/mol. The van der Waals surface area contributed by atoms with Crippen molar-refractivity contribution >= 4 is 0 Å². The van der Waals surface area contributed by atoms with Gasteiger partial charge in [0.25, 0.3) is 0 Å². The van der Waals surface area contributed by atoms with Crippen molar-refractivity contribution in [3.05, 3.63) is 23.3 Å². The summed E-state index contributed by atoms with van der Waals surface area (Å²) in [4.78, 5) is 0. The molecule has 82 valence electrons. The van der Waals surface area contributed by atoms with Gasteiger partial charge in [0.05, 0.1) is 6.17 Å². The first-order valence-electron chi connectivity index (χ1n) is 4.79. The Hall–Kier alpha value is -1.30. The van der Waals surface area contributed by atoms with E-state index in [0.717, 1.165) is 22.6 Å². The molecule has 0 bridgehead atoms. The molecule has 1 aliphatic rings. The van der Waals surface area contributed by atoms with E-state index in [-0.39, 0.29) is 6.17 Å². The maximum absolute atomic E-state index is 5.44. The Morgan fingerprint density at radius 3 is 2.60 bits per heavy atom. The molecule has 15 heavy (non-hydrogen) atoms. The number of rotatable bonds is 3. The number of hydrogen-bond donors (Lipinski definition) is 3. The van der Waals surface area contributed by atoms with Gasteiger partial charge in [-0.15, -0.1) is 0 Å². The quantitative estimate of drug-likeness (QED) is 0.382. The van der Waals surface area contributed by atoms with Gasteiger partial charge in [0.15, 0.2) is 11.5 Å². The number of ether oxygens (including phenoxy) is 2. The first-order chi connectivity index (χ1) is 7.26. The summed E-state index contributed by atoms with van der Waals surface area (Å²) in [6, 6.07) is 3.90. The monoisotopic (exact) mass is 209 g/mol. The summed E-state index contributed by atoms with van der Waals surface area (Å²) in [7, 11) is 1.84. The molecule has 0 radical (unpaired) electrons. The molecule has 5 nitrogen and oxygen atoms in total. The van der Waals surface area contributed by atoms with Crippen LogP contribution in [-0.4, -0.2) is 13.8 Å². The van der Waals surface area contributed by atoms with Crippen LogP contribution in [0.5, 0.6) is 11.5 Å². The molecule has 1 atom stereocenters.